The molecule has 0 saturated carbocycles. The van der Waals surface area contributed by atoms with Crippen molar-refractivity contribution in [2.45, 2.75) is 39.3 Å². The molecule has 6 nitrogen and oxygen atoms in total. The minimum atomic E-state index is -0.279. The minimum absolute atomic E-state index is 0.113. The monoisotopic (exact) mass is 580 g/mol. The highest BCUT2D eigenvalue weighted by Crippen LogP contribution is 2.31. The number of nitrogens with one attached hydrogen (secondary N) is 1. The first-order valence-electron chi connectivity index (χ1n) is 13.8. The van der Waals surface area contributed by atoms with Gasteiger partial charge in [0, 0.05) is 37.6 Å². The molecule has 3 aromatic rings. The van der Waals surface area contributed by atoms with E-state index in [2.05, 4.69) is 43.1 Å². The van der Waals surface area contributed by atoms with Gasteiger partial charge in [0.05, 0.1) is 21.2 Å². The second kappa shape index (κ2) is 13.5. The highest BCUT2D eigenvalue weighted by Gasteiger charge is 2.25. The number of anilines is 2. The fraction of sp³-hybridized carbons (Fsp3) is 0.375. The van der Waals surface area contributed by atoms with Crippen molar-refractivity contribution in [1.82, 2.24) is 9.80 Å². The van der Waals surface area contributed by atoms with Crippen LogP contribution < -0.4 is 10.2 Å². The lowest BCUT2D eigenvalue weighted by atomic mass is 10.0. The summed E-state index contributed by atoms with van der Waals surface area (Å²) in [4.78, 5) is 33.3. The molecule has 3 aromatic carbocycles. The molecule has 0 aromatic heterocycles. The third-order valence-corrected chi connectivity index (χ3v) is 8.07. The smallest absolute Gasteiger partial charge is 0.257 e. The lowest BCUT2D eigenvalue weighted by Crippen LogP contribution is -2.42. The number of hydrogen-bond donors (Lipinski definition) is 1. The van der Waals surface area contributed by atoms with E-state index in [9.17, 15) is 9.59 Å². The molecule has 4 rings (SSSR count). The summed E-state index contributed by atoms with van der Waals surface area (Å²) in [6.45, 7) is 7.22. The second-order valence-corrected chi connectivity index (χ2v) is 11.8. The average Bonchev–Trinajstić information content (AvgIpc) is 2.93. The molecule has 2 amide bonds. The third kappa shape index (κ3) is 7.36. The number of nitrogens with zero attached hydrogens (tertiary/aromatic N) is 3. The zero-order valence-corrected chi connectivity index (χ0v) is 25.2. The van der Waals surface area contributed by atoms with E-state index >= 15 is 0 Å². The summed E-state index contributed by atoms with van der Waals surface area (Å²) in [5, 5.41) is 3.83. The largest absolute Gasteiger partial charge is 0.371 e. The predicted octanol–water partition coefficient (Wildman–Crippen LogP) is 7.07. The van der Waals surface area contributed by atoms with Crippen LogP contribution in [0.2, 0.25) is 10.0 Å². The number of carbonyl (C=O) groups is 2. The van der Waals surface area contributed by atoms with Crippen molar-refractivity contribution in [2.75, 3.05) is 43.9 Å². The normalized spacial score (nSPS) is 14.3. The molecule has 1 aliphatic heterocycles. The molecule has 0 radical (unpaired) electrons. The van der Waals surface area contributed by atoms with Crippen LogP contribution in [0.3, 0.4) is 0 Å². The number of carbonyl (C=O) groups excluding carboxylic acids is 2. The van der Waals surface area contributed by atoms with Crippen LogP contribution >= 0.6 is 23.2 Å². The summed E-state index contributed by atoms with van der Waals surface area (Å²) in [6.07, 6.45) is 2.12. The van der Waals surface area contributed by atoms with E-state index in [1.807, 2.05) is 35.2 Å². The molecule has 1 N–H and O–H groups in total. The Labute approximate surface area is 247 Å². The molecule has 8 heteroatoms. The molecular weight excluding hydrogens is 543 g/mol. The molecule has 0 atom stereocenters. The molecule has 40 heavy (non-hydrogen) atoms. The van der Waals surface area contributed by atoms with Crippen molar-refractivity contribution in [2.24, 2.45) is 5.92 Å². The standard InChI is InChI=1S/C32H38Cl2N4O2/c1-22(2)20-38(32(40)27-10-6-8-12-29(27)34)21-23-19-24(35-31(39)26-9-5-7-11-28(26)33)13-14-30(23)37(4)25-15-17-36(3)18-16-25/h5-14,19,22,25H,15-18,20-21H2,1-4H3,(H,35,39). The molecule has 0 spiro atoms. The van der Waals surface area contributed by atoms with Gasteiger partial charge in [-0.2, -0.15) is 0 Å². The first kappa shape index (κ1) is 29.9. The van der Waals surface area contributed by atoms with Gasteiger partial charge in [-0.3, -0.25) is 9.59 Å². The van der Waals surface area contributed by atoms with E-state index in [-0.39, 0.29) is 17.7 Å². The van der Waals surface area contributed by atoms with E-state index < -0.39 is 0 Å². The van der Waals surface area contributed by atoms with Crippen molar-refractivity contribution >= 4 is 46.4 Å². The van der Waals surface area contributed by atoms with Crippen LogP contribution in [0, 0.1) is 5.92 Å². The maximum absolute atomic E-state index is 13.7. The summed E-state index contributed by atoms with van der Waals surface area (Å²) in [7, 11) is 4.28. The lowest BCUT2D eigenvalue weighted by molar-refractivity contribution is 0.0722. The van der Waals surface area contributed by atoms with Crippen LogP contribution in [0.4, 0.5) is 11.4 Å². The zero-order valence-electron chi connectivity index (χ0n) is 23.7. The number of hydrogen-bond acceptors (Lipinski definition) is 4. The van der Waals surface area contributed by atoms with E-state index in [1.165, 1.54) is 0 Å². The molecular formula is C32H38Cl2N4O2. The van der Waals surface area contributed by atoms with Gasteiger partial charge in [0.15, 0.2) is 0 Å². The van der Waals surface area contributed by atoms with Crippen LogP contribution in [-0.4, -0.2) is 61.4 Å². The van der Waals surface area contributed by atoms with Gasteiger partial charge in [0.2, 0.25) is 0 Å². The molecule has 212 valence electrons. The molecule has 1 heterocycles. The van der Waals surface area contributed by atoms with E-state index in [0.717, 1.165) is 37.2 Å². The van der Waals surface area contributed by atoms with Crippen LogP contribution in [0.1, 0.15) is 53.0 Å². The van der Waals surface area contributed by atoms with Gasteiger partial charge in [-0.1, -0.05) is 61.3 Å². The molecule has 1 aliphatic rings. The molecule has 0 unspecified atom stereocenters. The Balaban J connectivity index is 1.69. The molecule has 1 fully saturated rings. The van der Waals surface area contributed by atoms with E-state index in [0.29, 0.717) is 46.0 Å². The Morgan fingerprint density at radius 3 is 2.15 bits per heavy atom. The summed E-state index contributed by atoms with van der Waals surface area (Å²) in [5.41, 5.74) is 3.55. The Morgan fingerprint density at radius 1 is 0.950 bits per heavy atom. The molecule has 1 saturated heterocycles. The van der Waals surface area contributed by atoms with Gasteiger partial charge in [-0.25, -0.2) is 0 Å². The Morgan fingerprint density at radius 2 is 1.55 bits per heavy atom. The predicted molar refractivity (Wildman–Crippen MR) is 166 cm³/mol. The van der Waals surface area contributed by atoms with Crippen molar-refractivity contribution in [1.29, 1.82) is 0 Å². The van der Waals surface area contributed by atoms with Gasteiger partial charge in [0.25, 0.3) is 11.8 Å². The van der Waals surface area contributed by atoms with Crippen molar-refractivity contribution < 1.29 is 9.59 Å². The number of amides is 2. The van der Waals surface area contributed by atoms with Crippen LogP contribution in [-0.2, 0) is 6.54 Å². The lowest BCUT2D eigenvalue weighted by Gasteiger charge is -2.38. The van der Waals surface area contributed by atoms with E-state index in [1.54, 1.807) is 36.4 Å². The number of rotatable bonds is 9. The fourth-order valence-corrected chi connectivity index (χ4v) is 5.67. The second-order valence-electron chi connectivity index (χ2n) is 11.0. The van der Waals surface area contributed by atoms with Crippen LogP contribution in [0.5, 0.6) is 0 Å². The quantitative estimate of drug-likeness (QED) is 0.294. The summed E-state index contributed by atoms with van der Waals surface area (Å²) in [5.74, 6) is -0.138. The highest BCUT2D eigenvalue weighted by atomic mass is 35.5. The maximum Gasteiger partial charge on any atom is 0.257 e. The summed E-state index contributed by atoms with van der Waals surface area (Å²) >= 11 is 12.7. The summed E-state index contributed by atoms with van der Waals surface area (Å²) in [6, 6.07) is 20.5. The van der Waals surface area contributed by atoms with Crippen molar-refractivity contribution in [3.63, 3.8) is 0 Å². The summed E-state index contributed by atoms with van der Waals surface area (Å²) < 4.78 is 0. The number of benzene rings is 3. The highest BCUT2D eigenvalue weighted by molar-refractivity contribution is 6.34. The zero-order chi connectivity index (χ0) is 28.8. The first-order chi connectivity index (χ1) is 19.1. The van der Waals surface area contributed by atoms with Crippen molar-refractivity contribution in [3.05, 3.63) is 93.5 Å². The average molecular weight is 582 g/mol. The first-order valence-corrected chi connectivity index (χ1v) is 14.5. The third-order valence-electron chi connectivity index (χ3n) is 7.41. The topological polar surface area (TPSA) is 55.9 Å². The molecule has 0 bridgehead atoms. The van der Waals surface area contributed by atoms with Gasteiger partial charge in [0.1, 0.15) is 0 Å². The van der Waals surface area contributed by atoms with E-state index in [4.69, 9.17) is 23.2 Å². The number of likely N-dealkylation sites (tertiary alicyclic amines) is 1. The Hall–Kier alpha value is -3.06. The van der Waals surface area contributed by atoms with Crippen LogP contribution in [0.25, 0.3) is 0 Å². The van der Waals surface area contributed by atoms with Gasteiger partial charge >= 0.3 is 0 Å². The molecule has 0 aliphatic carbocycles. The fourth-order valence-electron chi connectivity index (χ4n) is 5.23. The Kier molecular flexibility index (Phi) is 10.1. The van der Waals surface area contributed by atoms with Gasteiger partial charge in [-0.15, -0.1) is 0 Å². The van der Waals surface area contributed by atoms with Gasteiger partial charge in [-0.05, 0) is 86.9 Å². The maximum atomic E-state index is 13.7. The minimum Gasteiger partial charge on any atom is -0.371 e. The van der Waals surface area contributed by atoms with Crippen LogP contribution in [0.15, 0.2) is 66.7 Å². The SMILES string of the molecule is CC(C)CN(Cc1cc(NC(=O)c2ccccc2Cl)ccc1N(C)C1CCN(C)CC1)C(=O)c1ccccc1Cl. The van der Waals surface area contributed by atoms with Crippen molar-refractivity contribution in [3.8, 4) is 0 Å². The Bertz CT molecular complexity index is 1340. The van der Waals surface area contributed by atoms with Gasteiger partial charge < -0.3 is 20.0 Å². The number of piperidine rings is 1. The number of halogens is 2.